The van der Waals surface area contributed by atoms with Crippen molar-refractivity contribution in [2.75, 3.05) is 13.2 Å². The number of rotatable bonds is 10. The third-order valence-corrected chi connectivity index (χ3v) is 3.72. The molecule has 7 nitrogen and oxygen atoms in total. The smallest absolute Gasteiger partial charge is 0.248 e. The summed E-state index contributed by atoms with van der Waals surface area (Å²) in [7, 11) is 0. The van der Waals surface area contributed by atoms with Crippen molar-refractivity contribution in [3.63, 3.8) is 0 Å². The summed E-state index contributed by atoms with van der Waals surface area (Å²) in [5, 5.41) is 11.6. The largest absolute Gasteiger partial charge is 0.494 e. The number of benzene rings is 2. The fraction of sp³-hybridized carbons (Fsp3) is 0.263. The topological polar surface area (TPSA) is 120 Å². The number of nitrogens with two attached hydrogens (primary N) is 2. The van der Waals surface area contributed by atoms with Gasteiger partial charge in [0.1, 0.15) is 11.5 Å². The highest BCUT2D eigenvalue weighted by molar-refractivity contribution is 5.97. The number of carbonyl (C=O) groups is 1. The Kier molecular flexibility index (Phi) is 7.30. The Morgan fingerprint density at radius 2 is 1.27 bits per heavy atom. The summed E-state index contributed by atoms with van der Waals surface area (Å²) in [5.41, 5.74) is 11.8. The first-order valence-corrected chi connectivity index (χ1v) is 8.33. The zero-order valence-electron chi connectivity index (χ0n) is 14.4. The van der Waals surface area contributed by atoms with Gasteiger partial charge in [0.05, 0.1) is 13.2 Å². The molecule has 0 saturated heterocycles. The van der Waals surface area contributed by atoms with E-state index in [4.69, 9.17) is 26.1 Å². The fourth-order valence-corrected chi connectivity index (χ4v) is 2.26. The highest BCUT2D eigenvalue weighted by atomic mass is 16.5. The Bertz CT molecular complexity index is 727. The zero-order chi connectivity index (χ0) is 18.8. The molecule has 2 aromatic carbocycles. The van der Waals surface area contributed by atoms with Crippen LogP contribution in [0.15, 0.2) is 53.7 Å². The van der Waals surface area contributed by atoms with E-state index >= 15 is 0 Å². The van der Waals surface area contributed by atoms with E-state index < -0.39 is 5.91 Å². The van der Waals surface area contributed by atoms with Crippen LogP contribution in [0.3, 0.4) is 0 Å². The average Bonchev–Trinajstić information content (AvgIpc) is 2.67. The van der Waals surface area contributed by atoms with Gasteiger partial charge in [0, 0.05) is 11.1 Å². The van der Waals surface area contributed by atoms with E-state index in [2.05, 4.69) is 5.16 Å². The lowest BCUT2D eigenvalue weighted by Crippen LogP contribution is -2.12. The van der Waals surface area contributed by atoms with Crippen LogP contribution in [0.1, 0.15) is 35.2 Å². The quantitative estimate of drug-likeness (QED) is 0.198. The van der Waals surface area contributed by atoms with Crippen molar-refractivity contribution in [1.82, 2.24) is 0 Å². The molecule has 0 heterocycles. The molecule has 26 heavy (non-hydrogen) atoms. The van der Waals surface area contributed by atoms with Gasteiger partial charge < -0.3 is 26.1 Å². The Morgan fingerprint density at radius 1 is 0.808 bits per heavy atom. The number of hydrogen-bond donors (Lipinski definition) is 3. The van der Waals surface area contributed by atoms with Gasteiger partial charge in [-0.15, -0.1) is 0 Å². The molecule has 0 bridgehead atoms. The van der Waals surface area contributed by atoms with Crippen molar-refractivity contribution in [2.45, 2.75) is 19.3 Å². The molecule has 1 amide bonds. The van der Waals surface area contributed by atoms with E-state index in [-0.39, 0.29) is 5.84 Å². The molecule has 0 aliphatic heterocycles. The Labute approximate surface area is 152 Å². The number of hydrogen-bond acceptors (Lipinski definition) is 5. The normalized spacial score (nSPS) is 11.2. The molecular weight excluding hydrogens is 334 g/mol. The molecule has 0 saturated carbocycles. The first-order chi connectivity index (χ1) is 12.6. The molecule has 2 rings (SSSR count). The van der Waals surface area contributed by atoms with Crippen molar-refractivity contribution in [3.8, 4) is 11.5 Å². The van der Waals surface area contributed by atoms with Crippen LogP contribution >= 0.6 is 0 Å². The van der Waals surface area contributed by atoms with E-state index in [1.54, 1.807) is 48.5 Å². The SMILES string of the molecule is NC(=O)c1ccc(OCCCCCOc2ccc(C(N)=NO)cc2)cc1. The predicted molar refractivity (Wildman–Crippen MR) is 98.8 cm³/mol. The molecule has 138 valence electrons. The summed E-state index contributed by atoms with van der Waals surface area (Å²) in [6.07, 6.45) is 2.79. The lowest BCUT2D eigenvalue weighted by molar-refractivity contribution is 0.1000. The highest BCUT2D eigenvalue weighted by Gasteiger charge is 2.01. The predicted octanol–water partition coefficient (Wildman–Crippen LogP) is 2.51. The summed E-state index contributed by atoms with van der Waals surface area (Å²) >= 11 is 0. The lowest BCUT2D eigenvalue weighted by Gasteiger charge is -2.08. The van der Waals surface area contributed by atoms with Crippen LogP contribution < -0.4 is 20.9 Å². The minimum Gasteiger partial charge on any atom is -0.494 e. The first-order valence-electron chi connectivity index (χ1n) is 8.33. The summed E-state index contributed by atoms with van der Waals surface area (Å²) < 4.78 is 11.3. The number of oxime groups is 1. The van der Waals surface area contributed by atoms with Crippen molar-refractivity contribution in [2.24, 2.45) is 16.6 Å². The van der Waals surface area contributed by atoms with Gasteiger partial charge in [-0.1, -0.05) is 5.16 Å². The maximum atomic E-state index is 11.0. The van der Waals surface area contributed by atoms with Gasteiger partial charge >= 0.3 is 0 Å². The van der Waals surface area contributed by atoms with Crippen LogP contribution in [0.5, 0.6) is 11.5 Å². The third kappa shape index (κ3) is 6.01. The molecule has 0 radical (unpaired) electrons. The third-order valence-electron chi connectivity index (χ3n) is 3.72. The maximum Gasteiger partial charge on any atom is 0.248 e. The highest BCUT2D eigenvalue weighted by Crippen LogP contribution is 2.14. The van der Waals surface area contributed by atoms with Crippen LogP contribution in [-0.4, -0.2) is 30.2 Å². The monoisotopic (exact) mass is 357 g/mol. The van der Waals surface area contributed by atoms with Gasteiger partial charge in [-0.25, -0.2) is 0 Å². The van der Waals surface area contributed by atoms with E-state index in [0.29, 0.717) is 24.3 Å². The average molecular weight is 357 g/mol. The van der Waals surface area contributed by atoms with Crippen LogP contribution in [0.2, 0.25) is 0 Å². The number of primary amides is 1. The molecular formula is C19H23N3O4. The summed E-state index contributed by atoms with van der Waals surface area (Å²) in [6.45, 7) is 1.21. The second-order valence-electron chi connectivity index (χ2n) is 5.66. The van der Waals surface area contributed by atoms with Crippen molar-refractivity contribution < 1.29 is 19.5 Å². The second kappa shape index (κ2) is 9.93. The van der Waals surface area contributed by atoms with Crippen LogP contribution in [0.4, 0.5) is 0 Å². The molecule has 0 unspecified atom stereocenters. The number of carbonyl (C=O) groups excluding carboxylic acids is 1. The molecule has 0 aromatic heterocycles. The molecule has 7 heteroatoms. The Morgan fingerprint density at radius 3 is 1.69 bits per heavy atom. The molecule has 0 spiro atoms. The van der Waals surface area contributed by atoms with Gasteiger partial charge in [0.15, 0.2) is 5.84 Å². The minimum atomic E-state index is -0.448. The molecule has 0 fully saturated rings. The van der Waals surface area contributed by atoms with E-state index in [0.717, 1.165) is 30.8 Å². The zero-order valence-corrected chi connectivity index (χ0v) is 14.4. The van der Waals surface area contributed by atoms with Crippen LogP contribution in [0, 0.1) is 0 Å². The van der Waals surface area contributed by atoms with Gasteiger partial charge in [0.2, 0.25) is 5.91 Å². The molecule has 2 aromatic rings. The van der Waals surface area contributed by atoms with Gasteiger partial charge in [-0.3, -0.25) is 4.79 Å². The summed E-state index contributed by atoms with van der Waals surface area (Å²) in [4.78, 5) is 11.0. The number of amides is 1. The van der Waals surface area contributed by atoms with Crippen LogP contribution in [-0.2, 0) is 0 Å². The molecule has 0 aliphatic rings. The van der Waals surface area contributed by atoms with Crippen molar-refractivity contribution >= 4 is 11.7 Å². The number of unbranched alkanes of at least 4 members (excludes halogenated alkanes) is 2. The second-order valence-corrected chi connectivity index (χ2v) is 5.66. The number of amidine groups is 1. The maximum absolute atomic E-state index is 11.0. The van der Waals surface area contributed by atoms with E-state index in [9.17, 15) is 4.79 Å². The van der Waals surface area contributed by atoms with Gasteiger partial charge in [-0.05, 0) is 67.8 Å². The van der Waals surface area contributed by atoms with E-state index in [1.165, 1.54) is 0 Å². The molecule has 0 atom stereocenters. The summed E-state index contributed by atoms with van der Waals surface area (Å²) in [5.74, 6) is 1.08. The lowest BCUT2D eigenvalue weighted by atomic mass is 10.2. The number of ether oxygens (including phenoxy) is 2. The van der Waals surface area contributed by atoms with E-state index in [1.807, 2.05) is 0 Å². The Balaban J connectivity index is 1.58. The van der Waals surface area contributed by atoms with Gasteiger partial charge in [0.25, 0.3) is 0 Å². The summed E-state index contributed by atoms with van der Waals surface area (Å²) in [6, 6.07) is 13.8. The standard InChI is InChI=1S/C19H23N3O4/c20-18(22-24)14-4-8-16(9-5-14)25-12-2-1-3-13-26-17-10-6-15(7-11-17)19(21)23/h4-11,24H,1-3,12-13H2,(H2,20,22)(H2,21,23). The van der Waals surface area contributed by atoms with Crippen LogP contribution in [0.25, 0.3) is 0 Å². The minimum absolute atomic E-state index is 0.0702. The first kappa shape index (κ1) is 19.1. The van der Waals surface area contributed by atoms with Crippen molar-refractivity contribution in [1.29, 1.82) is 0 Å². The van der Waals surface area contributed by atoms with Crippen molar-refractivity contribution in [3.05, 3.63) is 59.7 Å². The Hall–Kier alpha value is -3.22. The fourth-order valence-electron chi connectivity index (χ4n) is 2.26. The molecule has 0 aliphatic carbocycles. The molecule has 5 N–H and O–H groups in total. The number of nitrogens with zero attached hydrogens (tertiary/aromatic N) is 1. The van der Waals surface area contributed by atoms with Gasteiger partial charge in [-0.2, -0.15) is 0 Å².